The number of nitrogens with one attached hydrogen (secondary N) is 3. The van der Waals surface area contributed by atoms with E-state index in [1.165, 1.54) is 44.9 Å². The number of carbonyl (C=O) groups is 2. The highest BCUT2D eigenvalue weighted by atomic mass is 16.2. The van der Waals surface area contributed by atoms with Crippen LogP contribution in [0.25, 0.3) is 10.9 Å². The maximum Gasteiger partial charge on any atom is 0.313 e. The highest BCUT2D eigenvalue weighted by Gasteiger charge is 2.36. The fourth-order valence-corrected chi connectivity index (χ4v) is 4.67. The number of pyridine rings is 1. The van der Waals surface area contributed by atoms with Gasteiger partial charge in [-0.3, -0.25) is 14.6 Å². The van der Waals surface area contributed by atoms with Crippen LogP contribution >= 0.6 is 0 Å². The van der Waals surface area contributed by atoms with Crippen molar-refractivity contribution in [3.05, 3.63) is 24.7 Å². The van der Waals surface area contributed by atoms with Gasteiger partial charge in [-0.2, -0.15) is 0 Å². The molecule has 2 heterocycles. The zero-order valence-corrected chi connectivity index (χ0v) is 15.0. The molecule has 2 aliphatic carbocycles. The highest BCUT2D eigenvalue weighted by Crippen LogP contribution is 2.47. The Morgan fingerprint density at radius 1 is 1.08 bits per heavy atom. The van der Waals surface area contributed by atoms with Crippen molar-refractivity contribution in [3.8, 4) is 0 Å². The van der Waals surface area contributed by atoms with Gasteiger partial charge in [0.1, 0.15) is 0 Å². The third kappa shape index (κ3) is 3.45. The number of H-pyrrole nitrogens is 1. The number of nitrogens with zero attached hydrogens (tertiary/aromatic N) is 1. The summed E-state index contributed by atoms with van der Waals surface area (Å²) in [7, 11) is 0. The molecule has 6 heteroatoms. The van der Waals surface area contributed by atoms with Crippen LogP contribution in [0.1, 0.15) is 57.8 Å². The van der Waals surface area contributed by atoms with Gasteiger partial charge in [0.2, 0.25) is 0 Å². The molecule has 2 fully saturated rings. The van der Waals surface area contributed by atoms with E-state index in [1.807, 2.05) is 6.07 Å². The monoisotopic (exact) mass is 354 g/mol. The van der Waals surface area contributed by atoms with Crippen molar-refractivity contribution in [2.24, 2.45) is 5.41 Å². The second-order valence-corrected chi connectivity index (χ2v) is 7.89. The molecular formula is C20H26N4O2. The summed E-state index contributed by atoms with van der Waals surface area (Å²) in [5, 5.41) is 6.41. The fraction of sp³-hybridized carbons (Fsp3) is 0.550. The van der Waals surface area contributed by atoms with Gasteiger partial charge in [0.25, 0.3) is 0 Å². The largest absolute Gasteiger partial charge is 0.359 e. The summed E-state index contributed by atoms with van der Waals surface area (Å²) in [6, 6.07) is 1.94. The topological polar surface area (TPSA) is 86.9 Å². The van der Waals surface area contributed by atoms with Gasteiger partial charge >= 0.3 is 11.8 Å². The van der Waals surface area contributed by atoms with Crippen molar-refractivity contribution < 1.29 is 9.59 Å². The first-order valence-corrected chi connectivity index (χ1v) is 9.68. The zero-order valence-electron chi connectivity index (χ0n) is 15.0. The van der Waals surface area contributed by atoms with E-state index >= 15 is 0 Å². The lowest BCUT2D eigenvalue weighted by molar-refractivity contribution is -0.136. The van der Waals surface area contributed by atoms with Gasteiger partial charge in [-0.25, -0.2) is 0 Å². The Morgan fingerprint density at radius 3 is 2.62 bits per heavy atom. The summed E-state index contributed by atoms with van der Waals surface area (Å²) in [5.74, 6) is -1.17. The van der Waals surface area contributed by atoms with E-state index in [1.54, 1.807) is 18.6 Å². The first-order valence-electron chi connectivity index (χ1n) is 9.68. The zero-order chi connectivity index (χ0) is 18.0. The number of hydrogen-bond acceptors (Lipinski definition) is 3. The molecule has 0 aliphatic heterocycles. The SMILES string of the molecule is O=C(Nc1c[nH]c2ccncc12)C(=O)NC1CCC2(CCCCC2)CC1. The number of rotatable bonds is 2. The maximum atomic E-state index is 12.3. The molecule has 2 aliphatic rings. The third-order valence-corrected chi connectivity index (χ3v) is 6.23. The summed E-state index contributed by atoms with van der Waals surface area (Å²) in [4.78, 5) is 31.7. The molecule has 2 saturated carbocycles. The van der Waals surface area contributed by atoms with Crippen LogP contribution in [0.4, 0.5) is 5.69 Å². The van der Waals surface area contributed by atoms with Crippen LogP contribution in [0, 0.1) is 5.41 Å². The third-order valence-electron chi connectivity index (χ3n) is 6.23. The lowest BCUT2D eigenvalue weighted by Crippen LogP contribution is -2.45. The second kappa shape index (κ2) is 7.09. The molecule has 2 aromatic heterocycles. The van der Waals surface area contributed by atoms with Gasteiger partial charge in [-0.05, 0) is 50.0 Å². The smallest absolute Gasteiger partial charge is 0.313 e. The van der Waals surface area contributed by atoms with Gasteiger partial charge in [-0.15, -0.1) is 0 Å². The van der Waals surface area contributed by atoms with Crippen molar-refractivity contribution in [2.45, 2.75) is 63.8 Å². The predicted molar refractivity (Wildman–Crippen MR) is 101 cm³/mol. The van der Waals surface area contributed by atoms with Gasteiger partial charge < -0.3 is 15.6 Å². The van der Waals surface area contributed by atoms with Crippen molar-refractivity contribution in [1.82, 2.24) is 15.3 Å². The summed E-state index contributed by atoms with van der Waals surface area (Å²) in [6.45, 7) is 0. The van der Waals surface area contributed by atoms with Crippen LogP contribution < -0.4 is 10.6 Å². The Balaban J connectivity index is 1.31. The van der Waals surface area contributed by atoms with Crippen molar-refractivity contribution in [2.75, 3.05) is 5.32 Å². The van der Waals surface area contributed by atoms with Gasteiger partial charge in [0.05, 0.1) is 11.2 Å². The minimum atomic E-state index is -0.618. The first kappa shape index (κ1) is 17.1. The molecule has 26 heavy (non-hydrogen) atoms. The number of amides is 2. The average molecular weight is 354 g/mol. The summed E-state index contributed by atoms with van der Waals surface area (Å²) < 4.78 is 0. The van der Waals surface area contributed by atoms with Crippen LogP contribution in [0.5, 0.6) is 0 Å². The van der Waals surface area contributed by atoms with E-state index in [-0.39, 0.29) is 6.04 Å². The molecule has 4 rings (SSSR count). The Kier molecular flexibility index (Phi) is 4.66. The quantitative estimate of drug-likeness (QED) is 0.721. The molecule has 2 amide bonds. The van der Waals surface area contributed by atoms with E-state index < -0.39 is 11.8 Å². The molecule has 0 saturated heterocycles. The molecule has 1 spiro atoms. The summed E-state index contributed by atoms with van der Waals surface area (Å²) >= 11 is 0. The van der Waals surface area contributed by atoms with E-state index in [0.29, 0.717) is 11.1 Å². The van der Waals surface area contributed by atoms with Crippen LogP contribution in [0.3, 0.4) is 0 Å². The standard InChI is InChI=1S/C20H26N4O2/c25-18(19(26)24-17-13-22-16-6-11-21-12-15(16)17)23-14-4-9-20(10-5-14)7-2-1-3-8-20/h6,11-14,22H,1-5,7-10H2,(H,23,25)(H,24,26). The molecule has 0 atom stereocenters. The molecule has 6 nitrogen and oxygen atoms in total. The number of fused-ring (bicyclic) bond motifs is 1. The van der Waals surface area contributed by atoms with Crippen molar-refractivity contribution >= 4 is 28.4 Å². The molecule has 0 radical (unpaired) electrons. The van der Waals surface area contributed by atoms with E-state index in [4.69, 9.17) is 0 Å². The molecule has 0 bridgehead atoms. The number of carbonyl (C=O) groups excluding carboxylic acids is 2. The highest BCUT2D eigenvalue weighted by molar-refractivity contribution is 6.40. The Bertz CT molecular complexity index is 797. The predicted octanol–water partition coefficient (Wildman–Crippen LogP) is 3.51. The van der Waals surface area contributed by atoms with E-state index in [9.17, 15) is 9.59 Å². The number of aromatic nitrogens is 2. The molecule has 138 valence electrons. The lowest BCUT2D eigenvalue weighted by Gasteiger charge is -2.43. The van der Waals surface area contributed by atoms with Crippen LogP contribution in [0.15, 0.2) is 24.7 Å². The van der Waals surface area contributed by atoms with Gasteiger partial charge in [0.15, 0.2) is 0 Å². The van der Waals surface area contributed by atoms with Gasteiger partial charge in [0, 0.05) is 30.0 Å². The number of hydrogen-bond donors (Lipinski definition) is 3. The van der Waals surface area contributed by atoms with E-state index in [0.717, 1.165) is 23.7 Å². The van der Waals surface area contributed by atoms with Gasteiger partial charge in [-0.1, -0.05) is 19.3 Å². The van der Waals surface area contributed by atoms with Crippen LogP contribution in [0.2, 0.25) is 0 Å². The molecule has 3 N–H and O–H groups in total. The first-order chi connectivity index (χ1) is 12.7. The van der Waals surface area contributed by atoms with Crippen LogP contribution in [-0.2, 0) is 9.59 Å². The Hall–Kier alpha value is -2.37. The van der Waals surface area contributed by atoms with E-state index in [2.05, 4.69) is 20.6 Å². The summed E-state index contributed by atoms with van der Waals surface area (Å²) in [5.41, 5.74) is 1.97. The number of anilines is 1. The fourth-order valence-electron chi connectivity index (χ4n) is 4.67. The minimum absolute atomic E-state index is 0.116. The molecule has 0 aromatic carbocycles. The Labute approximate surface area is 153 Å². The van der Waals surface area contributed by atoms with Crippen molar-refractivity contribution in [3.63, 3.8) is 0 Å². The molecule has 2 aromatic rings. The normalized spacial score (nSPS) is 20.2. The molecular weight excluding hydrogens is 328 g/mol. The van der Waals surface area contributed by atoms with Crippen LogP contribution in [-0.4, -0.2) is 27.8 Å². The number of aromatic amines is 1. The van der Waals surface area contributed by atoms with Crippen molar-refractivity contribution in [1.29, 1.82) is 0 Å². The Morgan fingerprint density at radius 2 is 1.85 bits per heavy atom. The lowest BCUT2D eigenvalue weighted by atomic mass is 9.64. The summed E-state index contributed by atoms with van der Waals surface area (Å²) in [6.07, 6.45) is 16.1. The minimum Gasteiger partial charge on any atom is -0.359 e. The average Bonchev–Trinajstić information content (AvgIpc) is 3.07. The maximum absolute atomic E-state index is 12.3. The molecule has 0 unspecified atom stereocenters. The second-order valence-electron chi connectivity index (χ2n) is 7.89.